The molecule has 4 N–H and O–H groups in total. The van der Waals surface area contributed by atoms with E-state index in [0.717, 1.165) is 4.90 Å². The first-order chi connectivity index (χ1) is 5.65. The van der Waals surface area contributed by atoms with E-state index in [1.807, 2.05) is 6.26 Å². The van der Waals surface area contributed by atoms with Gasteiger partial charge in [-0.15, -0.1) is 11.8 Å². The third kappa shape index (κ3) is 1.94. The van der Waals surface area contributed by atoms with Gasteiger partial charge in [0.2, 0.25) is 0 Å². The van der Waals surface area contributed by atoms with Gasteiger partial charge >= 0.3 is 7.12 Å². The third-order valence-electron chi connectivity index (χ3n) is 1.55. The molecule has 0 spiro atoms. The second-order valence-electron chi connectivity index (χ2n) is 2.38. The van der Waals surface area contributed by atoms with E-state index in [0.29, 0.717) is 11.2 Å². The number of benzene rings is 1. The first-order valence-electron chi connectivity index (χ1n) is 3.44. The molecule has 0 aliphatic heterocycles. The SMILES string of the molecule is CSc1ccc(B(O)O)cc1N. The summed E-state index contributed by atoms with van der Waals surface area (Å²) in [5.41, 5.74) is 6.63. The highest BCUT2D eigenvalue weighted by molar-refractivity contribution is 7.98. The molecule has 0 amide bonds. The lowest BCUT2D eigenvalue weighted by molar-refractivity contribution is 0.426. The maximum Gasteiger partial charge on any atom is 0.488 e. The Hall–Kier alpha value is -0.645. The van der Waals surface area contributed by atoms with Crippen molar-refractivity contribution in [3.63, 3.8) is 0 Å². The van der Waals surface area contributed by atoms with Gasteiger partial charge in [-0.2, -0.15) is 0 Å². The molecule has 1 rings (SSSR count). The van der Waals surface area contributed by atoms with E-state index in [1.54, 1.807) is 18.2 Å². The molecule has 0 aliphatic rings. The Labute approximate surface area is 75.7 Å². The molecular weight excluding hydrogens is 173 g/mol. The zero-order valence-electron chi connectivity index (χ0n) is 6.69. The number of hydrogen-bond donors (Lipinski definition) is 3. The van der Waals surface area contributed by atoms with Gasteiger partial charge in [-0.25, -0.2) is 0 Å². The molecule has 3 nitrogen and oxygen atoms in total. The largest absolute Gasteiger partial charge is 0.488 e. The quantitative estimate of drug-likeness (QED) is 0.333. The normalized spacial score (nSPS) is 9.92. The molecule has 64 valence electrons. The van der Waals surface area contributed by atoms with Crippen LogP contribution in [-0.4, -0.2) is 23.4 Å². The average Bonchev–Trinajstić information content (AvgIpc) is 2.04. The van der Waals surface area contributed by atoms with Crippen LogP contribution >= 0.6 is 11.8 Å². The summed E-state index contributed by atoms with van der Waals surface area (Å²) < 4.78 is 0. The van der Waals surface area contributed by atoms with Crippen molar-refractivity contribution in [3.05, 3.63) is 18.2 Å². The molecule has 0 unspecified atom stereocenters. The van der Waals surface area contributed by atoms with Crippen molar-refractivity contribution in [3.8, 4) is 0 Å². The monoisotopic (exact) mass is 183 g/mol. The fourth-order valence-electron chi connectivity index (χ4n) is 0.913. The van der Waals surface area contributed by atoms with Gasteiger partial charge in [0.05, 0.1) is 0 Å². The topological polar surface area (TPSA) is 66.5 Å². The minimum atomic E-state index is -1.44. The molecule has 12 heavy (non-hydrogen) atoms. The zero-order chi connectivity index (χ0) is 9.14. The Kier molecular flexibility index (Phi) is 3.02. The summed E-state index contributed by atoms with van der Waals surface area (Å²) >= 11 is 1.53. The Morgan fingerprint density at radius 2 is 2.08 bits per heavy atom. The number of hydrogen-bond acceptors (Lipinski definition) is 4. The van der Waals surface area contributed by atoms with Crippen molar-refractivity contribution in [1.29, 1.82) is 0 Å². The second-order valence-corrected chi connectivity index (χ2v) is 3.22. The second kappa shape index (κ2) is 3.84. The van der Waals surface area contributed by atoms with Crippen LogP contribution < -0.4 is 11.2 Å². The Morgan fingerprint density at radius 3 is 2.50 bits per heavy atom. The lowest BCUT2D eigenvalue weighted by Gasteiger charge is -2.04. The van der Waals surface area contributed by atoms with Gasteiger partial charge < -0.3 is 15.8 Å². The van der Waals surface area contributed by atoms with Gasteiger partial charge in [0.1, 0.15) is 0 Å². The molecule has 1 aromatic rings. The summed E-state index contributed by atoms with van der Waals surface area (Å²) in [6.45, 7) is 0. The summed E-state index contributed by atoms with van der Waals surface area (Å²) in [7, 11) is -1.44. The highest BCUT2D eigenvalue weighted by atomic mass is 32.2. The van der Waals surface area contributed by atoms with Crippen LogP contribution in [0.4, 0.5) is 5.69 Å². The van der Waals surface area contributed by atoms with Crippen LogP contribution in [-0.2, 0) is 0 Å². The van der Waals surface area contributed by atoms with Crippen molar-refractivity contribution < 1.29 is 10.0 Å². The van der Waals surface area contributed by atoms with Gasteiger partial charge in [-0.05, 0) is 23.9 Å². The highest BCUT2D eigenvalue weighted by Gasteiger charge is 2.11. The van der Waals surface area contributed by atoms with E-state index in [2.05, 4.69) is 0 Å². The molecule has 0 aromatic heterocycles. The Bertz CT molecular complexity index is 280. The number of anilines is 1. The number of nitrogens with two attached hydrogens (primary N) is 1. The van der Waals surface area contributed by atoms with Crippen molar-refractivity contribution in [2.75, 3.05) is 12.0 Å². The van der Waals surface area contributed by atoms with E-state index in [-0.39, 0.29) is 0 Å². The molecule has 0 atom stereocenters. The third-order valence-corrected chi connectivity index (χ3v) is 2.36. The summed E-state index contributed by atoms with van der Waals surface area (Å²) in [5.74, 6) is 0. The standard InChI is InChI=1S/C7H10BNO2S/c1-12-7-3-2-5(8(10)11)4-6(7)9/h2-4,10-11H,9H2,1H3. The first kappa shape index (κ1) is 9.44. The minimum Gasteiger partial charge on any atom is -0.423 e. The molecule has 0 saturated heterocycles. The van der Waals surface area contributed by atoms with Crippen LogP contribution in [0.1, 0.15) is 0 Å². The van der Waals surface area contributed by atoms with Crippen LogP contribution in [0.2, 0.25) is 0 Å². The highest BCUT2D eigenvalue weighted by Crippen LogP contribution is 2.20. The molecule has 0 fully saturated rings. The van der Waals surface area contributed by atoms with E-state index in [9.17, 15) is 0 Å². The molecule has 0 bridgehead atoms. The Morgan fingerprint density at radius 1 is 1.42 bits per heavy atom. The fourth-order valence-corrected chi connectivity index (χ4v) is 1.41. The lowest BCUT2D eigenvalue weighted by Crippen LogP contribution is -2.29. The van der Waals surface area contributed by atoms with Gasteiger partial charge in [-0.1, -0.05) is 6.07 Å². The van der Waals surface area contributed by atoms with Crippen molar-refractivity contribution in [2.45, 2.75) is 4.90 Å². The van der Waals surface area contributed by atoms with Crippen LogP contribution in [0.5, 0.6) is 0 Å². The smallest absolute Gasteiger partial charge is 0.423 e. The summed E-state index contributed by atoms with van der Waals surface area (Å²) in [6.07, 6.45) is 1.92. The molecule has 5 heteroatoms. The van der Waals surface area contributed by atoms with E-state index in [1.165, 1.54) is 11.8 Å². The van der Waals surface area contributed by atoms with Gasteiger partial charge in [0.25, 0.3) is 0 Å². The van der Waals surface area contributed by atoms with Gasteiger partial charge in [0, 0.05) is 10.6 Å². The molecular formula is C7H10BNO2S. The van der Waals surface area contributed by atoms with Crippen molar-refractivity contribution in [2.24, 2.45) is 0 Å². The Balaban J connectivity index is 3.02. The maximum atomic E-state index is 8.80. The van der Waals surface area contributed by atoms with E-state index in [4.69, 9.17) is 15.8 Å². The van der Waals surface area contributed by atoms with E-state index >= 15 is 0 Å². The molecule has 0 radical (unpaired) electrons. The number of nitrogen functional groups attached to an aromatic ring is 1. The van der Waals surface area contributed by atoms with Crippen LogP contribution in [0, 0.1) is 0 Å². The predicted octanol–water partition coefficient (Wildman–Crippen LogP) is -0.330. The van der Waals surface area contributed by atoms with Crippen LogP contribution in [0.3, 0.4) is 0 Å². The first-order valence-corrected chi connectivity index (χ1v) is 4.67. The summed E-state index contributed by atoms with van der Waals surface area (Å²) in [6, 6.07) is 4.98. The summed E-state index contributed by atoms with van der Waals surface area (Å²) in [5, 5.41) is 17.6. The van der Waals surface area contributed by atoms with Gasteiger partial charge in [0.15, 0.2) is 0 Å². The van der Waals surface area contributed by atoms with Crippen molar-refractivity contribution in [1.82, 2.24) is 0 Å². The predicted molar refractivity (Wildman–Crippen MR) is 52.5 cm³/mol. The number of rotatable bonds is 2. The zero-order valence-corrected chi connectivity index (χ0v) is 7.51. The molecule has 0 aliphatic carbocycles. The van der Waals surface area contributed by atoms with Gasteiger partial charge in [-0.3, -0.25) is 0 Å². The van der Waals surface area contributed by atoms with E-state index < -0.39 is 7.12 Å². The average molecular weight is 183 g/mol. The minimum absolute atomic E-state index is 0.422. The fraction of sp³-hybridized carbons (Fsp3) is 0.143. The summed E-state index contributed by atoms with van der Waals surface area (Å²) in [4.78, 5) is 0.944. The van der Waals surface area contributed by atoms with Crippen LogP contribution in [0.15, 0.2) is 23.1 Å². The molecule has 1 aromatic carbocycles. The molecule has 0 saturated carbocycles. The molecule has 0 heterocycles. The van der Waals surface area contributed by atoms with Crippen molar-refractivity contribution >= 4 is 30.0 Å². The lowest BCUT2D eigenvalue weighted by atomic mass is 9.80. The van der Waals surface area contributed by atoms with Crippen LogP contribution in [0.25, 0.3) is 0 Å². The maximum absolute atomic E-state index is 8.80. The number of thioether (sulfide) groups is 1.